The summed E-state index contributed by atoms with van der Waals surface area (Å²) in [6, 6.07) is 11.3. The van der Waals surface area contributed by atoms with Gasteiger partial charge in [0.1, 0.15) is 12.4 Å². The second-order valence-corrected chi connectivity index (χ2v) is 4.60. The van der Waals surface area contributed by atoms with Gasteiger partial charge in [0.05, 0.1) is 6.61 Å². The minimum atomic E-state index is 0.0871. The van der Waals surface area contributed by atoms with Crippen molar-refractivity contribution in [2.75, 3.05) is 19.8 Å². The summed E-state index contributed by atoms with van der Waals surface area (Å²) in [5.41, 5.74) is 6.39. The molecule has 112 valence electrons. The van der Waals surface area contributed by atoms with Gasteiger partial charge in [-0.25, -0.2) is 0 Å². The van der Waals surface area contributed by atoms with Gasteiger partial charge < -0.3 is 20.4 Å². The molecule has 0 radical (unpaired) electrons. The highest BCUT2D eigenvalue weighted by Crippen LogP contribution is 2.28. The van der Waals surface area contributed by atoms with E-state index in [-0.39, 0.29) is 5.84 Å². The molecule has 0 fully saturated rings. The van der Waals surface area contributed by atoms with Gasteiger partial charge in [0.25, 0.3) is 0 Å². The van der Waals surface area contributed by atoms with E-state index in [2.05, 4.69) is 12.1 Å². The number of benzene rings is 2. The molecule has 0 bridgehead atoms. The average molecular weight is 288 g/mol. The predicted molar refractivity (Wildman–Crippen MR) is 83.1 cm³/mol. The van der Waals surface area contributed by atoms with Crippen molar-refractivity contribution >= 4 is 16.6 Å². The average Bonchev–Trinajstić information content (AvgIpc) is 2.54. The van der Waals surface area contributed by atoms with Crippen LogP contribution in [-0.4, -0.2) is 30.9 Å². The lowest BCUT2D eigenvalue weighted by atomic mass is 10.0. The van der Waals surface area contributed by atoms with E-state index in [9.17, 15) is 0 Å². The number of oxime groups is 1. The van der Waals surface area contributed by atoms with E-state index in [0.29, 0.717) is 18.8 Å². The normalized spacial score (nSPS) is 11.8. The second kappa shape index (κ2) is 7.50. The van der Waals surface area contributed by atoms with Gasteiger partial charge in [-0.3, -0.25) is 0 Å². The zero-order valence-corrected chi connectivity index (χ0v) is 12.1. The Kier molecular flexibility index (Phi) is 5.40. The maximum absolute atomic E-state index is 8.86. The highest BCUT2D eigenvalue weighted by atomic mass is 16.5. The first-order chi connectivity index (χ1) is 10.3. The van der Waals surface area contributed by atoms with E-state index >= 15 is 0 Å². The monoisotopic (exact) mass is 288 g/mol. The molecule has 0 aliphatic heterocycles. The molecule has 0 aromatic heterocycles. The summed E-state index contributed by atoms with van der Waals surface area (Å²) < 4.78 is 11.2. The topological polar surface area (TPSA) is 77.1 Å². The molecule has 0 aliphatic carbocycles. The lowest BCUT2D eigenvalue weighted by Crippen LogP contribution is -2.14. The molecule has 0 heterocycles. The molecule has 0 spiro atoms. The first kappa shape index (κ1) is 15.1. The molecule has 21 heavy (non-hydrogen) atoms. The zero-order valence-electron chi connectivity index (χ0n) is 12.1. The Balaban J connectivity index is 2.22. The summed E-state index contributed by atoms with van der Waals surface area (Å²) in [5, 5.41) is 13.7. The van der Waals surface area contributed by atoms with E-state index in [0.717, 1.165) is 29.5 Å². The molecule has 5 nitrogen and oxygen atoms in total. The standard InChI is InChI=1S/C16H20N2O3/c1-2-9-20-10-11-21-15-8-7-14(16(17)18-19)12-5-3-4-6-13(12)15/h3-8,19H,2,9-11H2,1H3,(H2,17,18). The van der Waals surface area contributed by atoms with Crippen molar-refractivity contribution in [1.29, 1.82) is 0 Å². The Hall–Kier alpha value is -2.27. The van der Waals surface area contributed by atoms with E-state index in [1.54, 1.807) is 6.07 Å². The third-order valence-electron chi connectivity index (χ3n) is 3.10. The molecule has 0 saturated heterocycles. The number of ether oxygens (including phenoxy) is 2. The van der Waals surface area contributed by atoms with Crippen LogP contribution < -0.4 is 10.5 Å². The molecule has 5 heteroatoms. The van der Waals surface area contributed by atoms with Crippen LogP contribution in [0.25, 0.3) is 10.8 Å². The number of hydrogen-bond acceptors (Lipinski definition) is 4. The minimum absolute atomic E-state index is 0.0871. The van der Waals surface area contributed by atoms with Crippen LogP contribution in [0.2, 0.25) is 0 Å². The molecule has 0 aliphatic rings. The van der Waals surface area contributed by atoms with Crippen molar-refractivity contribution in [3.63, 3.8) is 0 Å². The number of nitrogens with zero attached hydrogens (tertiary/aromatic N) is 1. The first-order valence-electron chi connectivity index (χ1n) is 6.98. The Bertz CT molecular complexity index is 626. The molecule has 0 unspecified atom stereocenters. The SMILES string of the molecule is CCCOCCOc1ccc(/C(N)=N/O)c2ccccc12. The van der Waals surface area contributed by atoms with Crippen molar-refractivity contribution < 1.29 is 14.7 Å². The quantitative estimate of drug-likeness (QED) is 0.270. The zero-order chi connectivity index (χ0) is 15.1. The third kappa shape index (κ3) is 3.64. The smallest absolute Gasteiger partial charge is 0.170 e. The number of hydrogen-bond donors (Lipinski definition) is 2. The summed E-state index contributed by atoms with van der Waals surface area (Å²) in [6.07, 6.45) is 0.997. The molecule has 0 amide bonds. The number of amidine groups is 1. The summed E-state index contributed by atoms with van der Waals surface area (Å²) in [7, 11) is 0. The molecule has 0 atom stereocenters. The first-order valence-corrected chi connectivity index (χ1v) is 6.98. The molecule has 2 aromatic rings. The van der Waals surface area contributed by atoms with Crippen LogP contribution >= 0.6 is 0 Å². The third-order valence-corrected chi connectivity index (χ3v) is 3.10. The van der Waals surface area contributed by atoms with Gasteiger partial charge in [-0.15, -0.1) is 0 Å². The van der Waals surface area contributed by atoms with E-state index < -0.39 is 0 Å². The van der Waals surface area contributed by atoms with Crippen LogP contribution in [0.15, 0.2) is 41.6 Å². The van der Waals surface area contributed by atoms with Gasteiger partial charge >= 0.3 is 0 Å². The Morgan fingerprint density at radius 3 is 2.57 bits per heavy atom. The molecular weight excluding hydrogens is 268 g/mol. The van der Waals surface area contributed by atoms with Crippen LogP contribution in [0.4, 0.5) is 0 Å². The summed E-state index contributed by atoms with van der Waals surface area (Å²) in [5.74, 6) is 0.851. The molecule has 3 N–H and O–H groups in total. The van der Waals surface area contributed by atoms with E-state index in [1.807, 2.05) is 30.3 Å². The lowest BCUT2D eigenvalue weighted by molar-refractivity contribution is 0.101. The van der Waals surface area contributed by atoms with Gasteiger partial charge in [0.15, 0.2) is 5.84 Å². The van der Waals surface area contributed by atoms with Crippen LogP contribution in [0.1, 0.15) is 18.9 Å². The fourth-order valence-electron chi connectivity index (χ4n) is 2.13. The van der Waals surface area contributed by atoms with E-state index in [1.165, 1.54) is 0 Å². The summed E-state index contributed by atoms with van der Waals surface area (Å²) in [4.78, 5) is 0. The number of nitrogens with two attached hydrogens (primary N) is 1. The molecule has 2 aromatic carbocycles. The molecule has 0 saturated carbocycles. The fraction of sp³-hybridized carbons (Fsp3) is 0.312. The van der Waals surface area contributed by atoms with Crippen molar-refractivity contribution in [2.24, 2.45) is 10.9 Å². The Labute approximate surface area is 124 Å². The minimum Gasteiger partial charge on any atom is -0.491 e. The number of rotatable bonds is 7. The van der Waals surface area contributed by atoms with Crippen molar-refractivity contribution in [3.05, 3.63) is 42.0 Å². The summed E-state index contributed by atoms with van der Waals surface area (Å²) >= 11 is 0. The maximum Gasteiger partial charge on any atom is 0.170 e. The largest absolute Gasteiger partial charge is 0.491 e. The van der Waals surface area contributed by atoms with Crippen molar-refractivity contribution in [3.8, 4) is 5.75 Å². The summed E-state index contributed by atoms with van der Waals surface area (Å²) in [6.45, 7) is 3.86. The predicted octanol–water partition coefficient (Wildman–Crippen LogP) is 2.74. The second-order valence-electron chi connectivity index (χ2n) is 4.60. The highest BCUT2D eigenvalue weighted by Gasteiger charge is 2.09. The van der Waals surface area contributed by atoms with Gasteiger partial charge in [0, 0.05) is 17.6 Å². The van der Waals surface area contributed by atoms with Crippen LogP contribution in [0.5, 0.6) is 5.75 Å². The Morgan fingerprint density at radius 2 is 1.86 bits per heavy atom. The molecule has 2 rings (SSSR count). The number of fused-ring (bicyclic) bond motifs is 1. The van der Waals surface area contributed by atoms with Gasteiger partial charge in [0.2, 0.25) is 0 Å². The van der Waals surface area contributed by atoms with E-state index in [4.69, 9.17) is 20.4 Å². The van der Waals surface area contributed by atoms with Gasteiger partial charge in [-0.2, -0.15) is 0 Å². The Morgan fingerprint density at radius 1 is 1.10 bits per heavy atom. The molecular formula is C16H20N2O3. The van der Waals surface area contributed by atoms with Gasteiger partial charge in [-0.05, 0) is 23.9 Å². The fourth-order valence-corrected chi connectivity index (χ4v) is 2.13. The van der Waals surface area contributed by atoms with Gasteiger partial charge in [-0.1, -0.05) is 36.3 Å². The van der Waals surface area contributed by atoms with Crippen LogP contribution in [-0.2, 0) is 4.74 Å². The van der Waals surface area contributed by atoms with Crippen molar-refractivity contribution in [1.82, 2.24) is 0 Å². The van der Waals surface area contributed by atoms with Crippen LogP contribution in [0.3, 0.4) is 0 Å². The van der Waals surface area contributed by atoms with Crippen molar-refractivity contribution in [2.45, 2.75) is 13.3 Å². The highest BCUT2D eigenvalue weighted by molar-refractivity contribution is 6.10. The maximum atomic E-state index is 8.86. The van der Waals surface area contributed by atoms with Crippen LogP contribution in [0, 0.1) is 0 Å². The lowest BCUT2D eigenvalue weighted by Gasteiger charge is -2.12.